The highest BCUT2D eigenvalue weighted by Gasteiger charge is 2.27. The number of imidazole rings is 1. The zero-order chi connectivity index (χ0) is 23.7. The molecule has 1 aromatic heterocycles. The minimum absolute atomic E-state index is 0.0741. The van der Waals surface area contributed by atoms with Crippen LogP contribution in [0.4, 0.5) is 0 Å². The van der Waals surface area contributed by atoms with E-state index in [1.54, 1.807) is 33.9 Å². The summed E-state index contributed by atoms with van der Waals surface area (Å²) in [7, 11) is -0.820. The van der Waals surface area contributed by atoms with Crippen molar-refractivity contribution in [2.75, 3.05) is 14.2 Å². The first-order valence-electron chi connectivity index (χ1n) is 10.4. The monoisotopic (exact) mass is 458 g/mol. The van der Waals surface area contributed by atoms with Crippen molar-refractivity contribution in [1.82, 2.24) is 19.2 Å². The van der Waals surface area contributed by atoms with Gasteiger partial charge in [0.25, 0.3) is 5.91 Å². The topological polar surface area (TPSA) is 93.5 Å². The summed E-state index contributed by atoms with van der Waals surface area (Å²) in [6.07, 6.45) is 0. The Balaban J connectivity index is 1.92. The Morgan fingerprint density at radius 2 is 1.88 bits per heavy atom. The number of methoxy groups -OCH3 is 1. The summed E-state index contributed by atoms with van der Waals surface area (Å²) in [5.74, 6) is 0.628. The predicted octanol–water partition coefficient (Wildman–Crippen LogP) is 3.41. The fourth-order valence-corrected chi connectivity index (χ4v) is 5.20. The van der Waals surface area contributed by atoms with Crippen molar-refractivity contribution in [1.29, 1.82) is 0 Å². The first kappa shape index (κ1) is 23.7. The van der Waals surface area contributed by atoms with Gasteiger partial charge in [0.05, 0.1) is 24.7 Å². The highest BCUT2D eigenvalue weighted by atomic mass is 32.2. The van der Waals surface area contributed by atoms with Gasteiger partial charge in [-0.3, -0.25) is 4.79 Å². The average molecular weight is 459 g/mol. The first-order chi connectivity index (χ1) is 15.0. The number of amides is 1. The van der Waals surface area contributed by atoms with Crippen LogP contribution in [-0.4, -0.2) is 48.5 Å². The van der Waals surface area contributed by atoms with Crippen LogP contribution in [-0.2, 0) is 23.1 Å². The molecule has 32 heavy (non-hydrogen) atoms. The van der Waals surface area contributed by atoms with Crippen LogP contribution < -0.4 is 9.46 Å². The van der Waals surface area contributed by atoms with Crippen molar-refractivity contribution >= 4 is 27.0 Å². The zero-order valence-corrected chi connectivity index (χ0v) is 20.2. The molecule has 0 aliphatic carbocycles. The molecule has 0 spiro atoms. The summed E-state index contributed by atoms with van der Waals surface area (Å²) in [5, 5.41) is 0. The van der Waals surface area contributed by atoms with Gasteiger partial charge in [-0.25, -0.2) is 18.1 Å². The number of carbonyl (C=O) groups is 1. The number of aryl methyl sites for hydroxylation is 1. The van der Waals surface area contributed by atoms with Gasteiger partial charge in [0.15, 0.2) is 0 Å². The maximum atomic E-state index is 13.2. The molecule has 0 saturated carbocycles. The minimum Gasteiger partial charge on any atom is -0.495 e. The fourth-order valence-electron chi connectivity index (χ4n) is 3.58. The van der Waals surface area contributed by atoms with Crippen LogP contribution >= 0.6 is 0 Å². The van der Waals surface area contributed by atoms with Gasteiger partial charge in [-0.05, 0) is 58.0 Å². The third kappa shape index (κ3) is 4.94. The van der Waals surface area contributed by atoms with Crippen molar-refractivity contribution in [3.8, 4) is 5.75 Å². The maximum Gasteiger partial charge on any atom is 0.254 e. The molecule has 1 N–H and O–H groups in total. The lowest BCUT2D eigenvalue weighted by Crippen LogP contribution is -2.40. The molecule has 0 unspecified atom stereocenters. The average Bonchev–Trinajstić information content (AvgIpc) is 3.07. The van der Waals surface area contributed by atoms with Gasteiger partial charge in [0.1, 0.15) is 16.5 Å². The van der Waals surface area contributed by atoms with Crippen molar-refractivity contribution in [2.24, 2.45) is 0 Å². The van der Waals surface area contributed by atoms with Crippen LogP contribution in [0.2, 0.25) is 0 Å². The molecule has 9 heteroatoms. The van der Waals surface area contributed by atoms with Gasteiger partial charge >= 0.3 is 0 Å². The summed E-state index contributed by atoms with van der Waals surface area (Å²) in [6, 6.07) is 12.2. The Morgan fingerprint density at radius 1 is 1.19 bits per heavy atom. The molecule has 3 aromatic rings. The molecule has 1 amide bonds. The number of nitrogens with one attached hydrogen (secondary N) is 1. The molecule has 8 nitrogen and oxygen atoms in total. The van der Waals surface area contributed by atoms with Crippen LogP contribution in [0, 0.1) is 0 Å². The lowest BCUT2D eigenvalue weighted by Gasteiger charge is -2.22. The summed E-state index contributed by atoms with van der Waals surface area (Å²) >= 11 is 0. The molecule has 0 bridgehead atoms. The summed E-state index contributed by atoms with van der Waals surface area (Å²) in [4.78, 5) is 19.3. The number of para-hydroxylation sites is 2. The molecule has 0 aliphatic rings. The van der Waals surface area contributed by atoms with Crippen molar-refractivity contribution < 1.29 is 17.9 Å². The number of nitrogens with zero attached hydrogens (tertiary/aromatic N) is 3. The lowest BCUT2D eigenvalue weighted by atomic mass is 10.1. The Bertz CT molecular complexity index is 1240. The quantitative estimate of drug-likeness (QED) is 0.586. The number of fused-ring (bicyclic) bond motifs is 1. The fraction of sp³-hybridized carbons (Fsp3) is 0.391. The highest BCUT2D eigenvalue weighted by molar-refractivity contribution is 7.89. The van der Waals surface area contributed by atoms with E-state index in [0.29, 0.717) is 0 Å². The Morgan fingerprint density at radius 3 is 2.50 bits per heavy atom. The normalized spacial score (nSPS) is 12.2. The van der Waals surface area contributed by atoms with Crippen LogP contribution in [0.1, 0.15) is 43.9 Å². The second-order valence-electron chi connectivity index (χ2n) is 8.64. The van der Waals surface area contributed by atoms with E-state index in [1.807, 2.05) is 31.2 Å². The summed E-state index contributed by atoms with van der Waals surface area (Å²) in [6.45, 7) is 8.29. The standard InChI is InChI=1S/C23H30N4O4S/c1-7-27-18-11-9-8-10-17(18)24-21(27)15-26(5)22(28)16-12-13-19(31-6)20(14-16)32(29,30)25-23(2,3)4/h8-14,25H,7,15H2,1-6H3. The first-order valence-corrected chi connectivity index (χ1v) is 11.9. The highest BCUT2D eigenvalue weighted by Crippen LogP contribution is 2.27. The molecule has 0 radical (unpaired) electrons. The molecule has 3 rings (SSSR count). The van der Waals surface area contributed by atoms with Gasteiger partial charge in [-0.15, -0.1) is 0 Å². The largest absolute Gasteiger partial charge is 0.495 e. The van der Waals surface area contributed by atoms with E-state index in [0.717, 1.165) is 23.4 Å². The van der Waals surface area contributed by atoms with E-state index in [-0.39, 0.29) is 28.7 Å². The number of hydrogen-bond acceptors (Lipinski definition) is 5. The third-order valence-corrected chi connectivity index (χ3v) is 6.69. The molecule has 2 aromatic carbocycles. The number of aromatic nitrogens is 2. The van der Waals surface area contributed by atoms with Gasteiger partial charge in [-0.2, -0.15) is 0 Å². The van der Waals surface area contributed by atoms with E-state index < -0.39 is 15.6 Å². The predicted molar refractivity (Wildman–Crippen MR) is 124 cm³/mol. The van der Waals surface area contributed by atoms with Crippen molar-refractivity contribution in [2.45, 2.75) is 51.2 Å². The number of hydrogen-bond donors (Lipinski definition) is 1. The Labute approximate surface area is 189 Å². The van der Waals surface area contributed by atoms with E-state index in [1.165, 1.54) is 24.1 Å². The van der Waals surface area contributed by atoms with Gasteiger partial charge < -0.3 is 14.2 Å². The third-order valence-electron chi connectivity index (χ3n) is 4.92. The number of carbonyl (C=O) groups excluding carboxylic acids is 1. The van der Waals surface area contributed by atoms with Gasteiger partial charge in [0, 0.05) is 24.7 Å². The smallest absolute Gasteiger partial charge is 0.254 e. The SMILES string of the molecule is CCn1c(CN(C)C(=O)c2ccc(OC)c(S(=O)(=O)NC(C)(C)C)c2)nc2ccccc21. The van der Waals surface area contributed by atoms with E-state index in [2.05, 4.69) is 14.3 Å². The molecule has 0 saturated heterocycles. The molecule has 0 atom stereocenters. The van der Waals surface area contributed by atoms with Crippen molar-refractivity contribution in [3.05, 3.63) is 53.9 Å². The number of rotatable bonds is 7. The van der Waals surface area contributed by atoms with Crippen LogP contribution in [0.25, 0.3) is 11.0 Å². The van der Waals surface area contributed by atoms with Crippen LogP contribution in [0.5, 0.6) is 5.75 Å². The number of benzene rings is 2. The second-order valence-corrected chi connectivity index (χ2v) is 10.3. The summed E-state index contributed by atoms with van der Waals surface area (Å²) in [5.41, 5.74) is 1.45. The number of sulfonamides is 1. The lowest BCUT2D eigenvalue weighted by molar-refractivity contribution is 0.0780. The van der Waals surface area contributed by atoms with Crippen LogP contribution in [0.15, 0.2) is 47.4 Å². The summed E-state index contributed by atoms with van der Waals surface area (Å²) < 4.78 is 35.7. The molecule has 1 heterocycles. The van der Waals surface area contributed by atoms with E-state index in [4.69, 9.17) is 4.74 Å². The minimum atomic E-state index is -3.89. The molecular weight excluding hydrogens is 428 g/mol. The van der Waals surface area contributed by atoms with Gasteiger partial charge in [-0.1, -0.05) is 12.1 Å². The number of ether oxygens (including phenoxy) is 1. The molecule has 0 fully saturated rings. The zero-order valence-electron chi connectivity index (χ0n) is 19.3. The van der Waals surface area contributed by atoms with Gasteiger partial charge in [0.2, 0.25) is 10.0 Å². The Kier molecular flexibility index (Phi) is 6.61. The van der Waals surface area contributed by atoms with E-state index in [9.17, 15) is 13.2 Å². The Hall–Kier alpha value is -2.91. The molecule has 0 aliphatic heterocycles. The van der Waals surface area contributed by atoms with E-state index >= 15 is 0 Å². The van der Waals surface area contributed by atoms with Crippen molar-refractivity contribution in [3.63, 3.8) is 0 Å². The molecule has 172 valence electrons. The van der Waals surface area contributed by atoms with Crippen LogP contribution in [0.3, 0.4) is 0 Å². The second kappa shape index (κ2) is 8.91. The maximum absolute atomic E-state index is 13.2. The molecular formula is C23H30N4O4S.